The third-order valence-electron chi connectivity index (χ3n) is 4.30. The average molecular weight is 326 g/mol. The molecule has 1 aliphatic heterocycles. The fourth-order valence-corrected chi connectivity index (χ4v) is 2.84. The lowest BCUT2D eigenvalue weighted by Crippen LogP contribution is -2.50. The summed E-state index contributed by atoms with van der Waals surface area (Å²) in [6.07, 6.45) is 2.55. The lowest BCUT2D eigenvalue weighted by molar-refractivity contribution is -0.147. The summed E-state index contributed by atoms with van der Waals surface area (Å²) in [6, 6.07) is 12.4. The molecule has 1 aromatic heterocycles. The highest BCUT2D eigenvalue weighted by atomic mass is 16.5. The number of aromatic nitrogens is 1. The smallest absolute Gasteiger partial charge is 0.329 e. The number of rotatable bonds is 4. The fourth-order valence-electron chi connectivity index (χ4n) is 2.84. The van der Waals surface area contributed by atoms with Crippen molar-refractivity contribution in [2.45, 2.75) is 25.3 Å². The van der Waals surface area contributed by atoms with Crippen molar-refractivity contribution in [3.8, 4) is 11.6 Å². The molecule has 1 amide bonds. The third-order valence-corrected chi connectivity index (χ3v) is 4.30. The first-order valence-corrected chi connectivity index (χ1v) is 7.75. The predicted octanol–water partition coefficient (Wildman–Crippen LogP) is 2.95. The Hall–Kier alpha value is -2.89. The van der Waals surface area contributed by atoms with Crippen LogP contribution in [-0.2, 0) is 4.79 Å². The van der Waals surface area contributed by atoms with E-state index >= 15 is 0 Å². The molecule has 0 aliphatic carbocycles. The van der Waals surface area contributed by atoms with Crippen LogP contribution in [0.2, 0.25) is 0 Å². The predicted molar refractivity (Wildman–Crippen MR) is 87.1 cm³/mol. The maximum atomic E-state index is 12.6. The van der Waals surface area contributed by atoms with E-state index in [1.807, 2.05) is 30.3 Å². The number of pyridine rings is 1. The van der Waals surface area contributed by atoms with E-state index in [1.165, 1.54) is 11.1 Å². The molecule has 1 saturated heterocycles. The monoisotopic (exact) mass is 326 g/mol. The summed E-state index contributed by atoms with van der Waals surface area (Å²) in [7, 11) is 0. The second kappa shape index (κ2) is 6.31. The molecule has 2 aromatic rings. The summed E-state index contributed by atoms with van der Waals surface area (Å²) < 4.78 is 5.59. The number of aliphatic carboxylic acids is 1. The summed E-state index contributed by atoms with van der Waals surface area (Å²) in [6.45, 7) is 2.02. The molecule has 24 heavy (non-hydrogen) atoms. The Bertz CT molecular complexity index is 745. The van der Waals surface area contributed by atoms with Crippen molar-refractivity contribution < 1.29 is 19.4 Å². The maximum absolute atomic E-state index is 12.6. The van der Waals surface area contributed by atoms with Gasteiger partial charge in [-0.15, -0.1) is 0 Å². The molecule has 0 saturated carbocycles. The number of amides is 1. The molecule has 0 radical (unpaired) electrons. The number of benzene rings is 1. The number of hydrogen-bond acceptors (Lipinski definition) is 4. The van der Waals surface area contributed by atoms with Crippen LogP contribution in [0, 0.1) is 0 Å². The van der Waals surface area contributed by atoms with Crippen molar-refractivity contribution >= 4 is 11.9 Å². The molecule has 1 N–H and O–H groups in total. The minimum Gasteiger partial charge on any atom is -0.480 e. The van der Waals surface area contributed by atoms with E-state index < -0.39 is 11.5 Å². The summed E-state index contributed by atoms with van der Waals surface area (Å²) in [5.41, 5.74) is -0.805. The van der Waals surface area contributed by atoms with Gasteiger partial charge in [-0.3, -0.25) is 4.79 Å². The highest BCUT2D eigenvalue weighted by molar-refractivity contribution is 5.98. The van der Waals surface area contributed by atoms with Crippen LogP contribution < -0.4 is 4.74 Å². The zero-order chi connectivity index (χ0) is 17.2. The molecule has 1 aliphatic rings. The van der Waals surface area contributed by atoms with Gasteiger partial charge in [0.05, 0.1) is 5.56 Å². The molecule has 6 nitrogen and oxygen atoms in total. The van der Waals surface area contributed by atoms with Crippen molar-refractivity contribution in [2.24, 2.45) is 0 Å². The Labute approximate surface area is 139 Å². The zero-order valence-corrected chi connectivity index (χ0v) is 13.3. The average Bonchev–Trinajstić information content (AvgIpc) is 2.99. The van der Waals surface area contributed by atoms with Crippen LogP contribution in [0.3, 0.4) is 0 Å². The highest BCUT2D eigenvalue weighted by Crippen LogP contribution is 2.31. The van der Waals surface area contributed by atoms with Crippen molar-refractivity contribution in [1.82, 2.24) is 9.88 Å². The number of carboxylic acids is 1. The van der Waals surface area contributed by atoms with E-state index in [0.717, 1.165) is 0 Å². The Morgan fingerprint density at radius 2 is 1.96 bits per heavy atom. The molecule has 2 heterocycles. The Morgan fingerprint density at radius 1 is 1.21 bits per heavy atom. The van der Waals surface area contributed by atoms with Crippen LogP contribution >= 0.6 is 0 Å². The lowest BCUT2D eigenvalue weighted by Gasteiger charge is -2.31. The van der Waals surface area contributed by atoms with E-state index in [2.05, 4.69) is 4.98 Å². The van der Waals surface area contributed by atoms with Crippen molar-refractivity contribution in [2.75, 3.05) is 6.54 Å². The van der Waals surface area contributed by atoms with Crippen LogP contribution in [0.15, 0.2) is 48.7 Å². The molecule has 3 rings (SSSR count). The van der Waals surface area contributed by atoms with Crippen molar-refractivity contribution in [1.29, 1.82) is 0 Å². The van der Waals surface area contributed by atoms with Gasteiger partial charge in [0.15, 0.2) is 0 Å². The van der Waals surface area contributed by atoms with Gasteiger partial charge < -0.3 is 14.7 Å². The molecule has 1 fully saturated rings. The maximum Gasteiger partial charge on any atom is 0.329 e. The molecule has 124 valence electrons. The van der Waals surface area contributed by atoms with Gasteiger partial charge in [-0.1, -0.05) is 18.2 Å². The van der Waals surface area contributed by atoms with E-state index in [0.29, 0.717) is 36.6 Å². The molecule has 1 unspecified atom stereocenters. The molecule has 0 bridgehead atoms. The second-order valence-electron chi connectivity index (χ2n) is 5.94. The fraction of sp³-hybridized carbons (Fsp3) is 0.278. The normalized spacial score (nSPS) is 20.0. The number of carbonyl (C=O) groups excluding carboxylic acids is 1. The number of para-hydroxylation sites is 1. The van der Waals surface area contributed by atoms with Gasteiger partial charge >= 0.3 is 5.97 Å². The summed E-state index contributed by atoms with van der Waals surface area (Å²) >= 11 is 0. The SMILES string of the molecule is CC1(C(=O)O)CCCN1C(=O)c1ccc(Oc2ccccc2)nc1. The summed E-state index contributed by atoms with van der Waals surface area (Å²) in [5, 5.41) is 9.42. The first-order valence-electron chi connectivity index (χ1n) is 7.75. The number of carboxylic acid groups (broad SMARTS) is 1. The van der Waals surface area contributed by atoms with Crippen LogP contribution in [0.25, 0.3) is 0 Å². The molecular weight excluding hydrogens is 308 g/mol. The Kier molecular flexibility index (Phi) is 4.20. The topological polar surface area (TPSA) is 79.7 Å². The molecule has 0 spiro atoms. The highest BCUT2D eigenvalue weighted by Gasteiger charge is 2.46. The number of likely N-dealkylation sites (tertiary alicyclic amines) is 1. The van der Waals surface area contributed by atoms with E-state index in [4.69, 9.17) is 4.74 Å². The van der Waals surface area contributed by atoms with Gasteiger partial charge in [0, 0.05) is 18.8 Å². The van der Waals surface area contributed by atoms with Crippen molar-refractivity contribution in [3.63, 3.8) is 0 Å². The van der Waals surface area contributed by atoms with E-state index in [1.54, 1.807) is 19.1 Å². The Balaban J connectivity index is 1.76. The third kappa shape index (κ3) is 2.95. The minimum absolute atomic E-state index is 0.323. The first-order chi connectivity index (χ1) is 11.5. The first kappa shape index (κ1) is 16.0. The van der Waals surface area contributed by atoms with Crippen LogP contribution in [0.5, 0.6) is 11.6 Å². The van der Waals surface area contributed by atoms with Gasteiger partial charge in [-0.2, -0.15) is 0 Å². The van der Waals surface area contributed by atoms with E-state index in [9.17, 15) is 14.7 Å². The van der Waals surface area contributed by atoms with E-state index in [-0.39, 0.29) is 5.91 Å². The number of hydrogen-bond donors (Lipinski definition) is 1. The van der Waals surface area contributed by atoms with Gasteiger partial charge in [0.1, 0.15) is 11.3 Å². The molecule has 1 aromatic carbocycles. The molecular formula is C18H18N2O4. The number of carbonyl (C=O) groups is 2. The summed E-state index contributed by atoms with van der Waals surface area (Å²) in [4.78, 5) is 29.7. The van der Waals surface area contributed by atoms with Gasteiger partial charge in [-0.25, -0.2) is 9.78 Å². The van der Waals surface area contributed by atoms with Crippen LogP contribution in [0.1, 0.15) is 30.1 Å². The number of nitrogens with zero attached hydrogens (tertiary/aromatic N) is 2. The quantitative estimate of drug-likeness (QED) is 0.934. The summed E-state index contributed by atoms with van der Waals surface area (Å²) in [5.74, 6) is -0.274. The largest absolute Gasteiger partial charge is 0.480 e. The molecule has 1 atom stereocenters. The van der Waals surface area contributed by atoms with Crippen LogP contribution in [0.4, 0.5) is 0 Å². The van der Waals surface area contributed by atoms with Gasteiger partial charge in [0.25, 0.3) is 5.91 Å². The Morgan fingerprint density at radius 3 is 2.58 bits per heavy atom. The van der Waals surface area contributed by atoms with Gasteiger partial charge in [0.2, 0.25) is 5.88 Å². The standard InChI is InChI=1S/C18H18N2O4/c1-18(17(22)23)10-5-11-20(18)16(21)13-8-9-15(19-12-13)24-14-6-3-2-4-7-14/h2-4,6-9,12H,5,10-11H2,1H3,(H,22,23). The minimum atomic E-state index is -1.16. The second-order valence-corrected chi connectivity index (χ2v) is 5.94. The van der Waals surface area contributed by atoms with Gasteiger partial charge in [-0.05, 0) is 38.0 Å². The lowest BCUT2D eigenvalue weighted by atomic mass is 9.99. The zero-order valence-electron chi connectivity index (χ0n) is 13.3. The molecule has 6 heteroatoms. The van der Waals surface area contributed by atoms with Crippen LogP contribution in [-0.4, -0.2) is 39.0 Å². The number of ether oxygens (including phenoxy) is 1. The van der Waals surface area contributed by atoms with Crippen molar-refractivity contribution in [3.05, 3.63) is 54.2 Å².